The number of hydrogen-bond donors (Lipinski definition) is 0. The smallest absolute Gasteiger partial charge is 0.343 e. The zero-order valence-corrected chi connectivity index (χ0v) is 13.1. The predicted octanol–water partition coefficient (Wildman–Crippen LogP) is 2.72. The van der Waals surface area contributed by atoms with Gasteiger partial charge in [0, 0.05) is 20.3 Å². The minimum atomic E-state index is -0.905. The number of Topliss-reactive ketones (excluding diaryl/α,β-unsaturated/α-hetero) is 1. The van der Waals surface area contributed by atoms with E-state index in [1.807, 2.05) is 0 Å². The van der Waals surface area contributed by atoms with Gasteiger partial charge in [-0.05, 0) is 13.0 Å². The molecule has 5 nitrogen and oxygen atoms in total. The maximum atomic E-state index is 13.4. The van der Waals surface area contributed by atoms with Gasteiger partial charge in [-0.3, -0.25) is 4.79 Å². The molecule has 0 radical (unpaired) electrons. The van der Waals surface area contributed by atoms with Crippen molar-refractivity contribution < 1.29 is 18.7 Å². The molecule has 0 unspecified atom stereocenters. The highest BCUT2D eigenvalue weighted by Crippen LogP contribution is 2.23. The summed E-state index contributed by atoms with van der Waals surface area (Å²) in [6.07, 6.45) is 1.27. The molecule has 1 heterocycles. The molecule has 1 aromatic heterocycles. The van der Waals surface area contributed by atoms with Gasteiger partial charge in [0.25, 0.3) is 0 Å². The Morgan fingerprint density at radius 1 is 1.38 bits per heavy atom. The van der Waals surface area contributed by atoms with E-state index in [0.717, 1.165) is 6.07 Å². The van der Waals surface area contributed by atoms with Crippen LogP contribution in [0.1, 0.15) is 17.3 Å². The number of pyridine rings is 1. The summed E-state index contributed by atoms with van der Waals surface area (Å²) in [5, 5.41) is -0.744. The highest BCUT2D eigenvalue weighted by molar-refractivity contribution is 6.37. The van der Waals surface area contributed by atoms with Gasteiger partial charge in [0.1, 0.15) is 10.7 Å². The summed E-state index contributed by atoms with van der Waals surface area (Å²) in [6, 6.07) is 0.836. The molecule has 0 aliphatic heterocycles. The summed E-state index contributed by atoms with van der Waals surface area (Å²) in [7, 11) is 3.24. The third-order valence-electron chi connectivity index (χ3n) is 2.26. The molecule has 1 aromatic rings. The Kier molecular flexibility index (Phi) is 6.11. The summed E-state index contributed by atoms with van der Waals surface area (Å²) in [6.45, 7) is 1.70. The van der Waals surface area contributed by atoms with E-state index in [-0.39, 0.29) is 22.9 Å². The average molecular weight is 335 g/mol. The largest absolute Gasteiger partial charge is 0.462 e. The van der Waals surface area contributed by atoms with E-state index in [0.29, 0.717) is 0 Å². The maximum absolute atomic E-state index is 13.4. The molecule has 8 heteroatoms. The number of halogens is 3. The van der Waals surface area contributed by atoms with Gasteiger partial charge in [0.2, 0.25) is 5.78 Å². The lowest BCUT2D eigenvalue weighted by Gasteiger charge is -2.11. The number of hydrogen-bond acceptors (Lipinski definition) is 5. The second-order valence-corrected chi connectivity index (χ2v) is 4.87. The Balaban J connectivity index is 3.30. The lowest BCUT2D eigenvalue weighted by molar-refractivity contribution is -0.138. The van der Waals surface area contributed by atoms with Crippen molar-refractivity contribution in [1.29, 1.82) is 0 Å². The molecule has 0 amide bonds. The van der Waals surface area contributed by atoms with Crippen molar-refractivity contribution in [2.75, 3.05) is 20.7 Å². The number of carbonyl (C=O) groups excluding carboxylic acids is 2. The normalized spacial score (nSPS) is 11.2. The lowest BCUT2D eigenvalue weighted by atomic mass is 10.1. The Bertz CT molecular complexity index is 603. The van der Waals surface area contributed by atoms with Gasteiger partial charge in [0.05, 0.1) is 12.2 Å². The second-order valence-electron chi connectivity index (χ2n) is 4.16. The van der Waals surface area contributed by atoms with Gasteiger partial charge in [0.15, 0.2) is 11.0 Å². The molecule has 0 saturated heterocycles. The minimum Gasteiger partial charge on any atom is -0.462 e. The number of rotatable bonds is 5. The molecule has 0 aliphatic carbocycles. The number of aromatic nitrogens is 1. The van der Waals surface area contributed by atoms with Crippen LogP contribution < -0.4 is 0 Å². The van der Waals surface area contributed by atoms with Crippen molar-refractivity contribution in [2.24, 2.45) is 0 Å². The fourth-order valence-electron chi connectivity index (χ4n) is 1.42. The average Bonchev–Trinajstić information content (AvgIpc) is 2.39. The molecule has 21 heavy (non-hydrogen) atoms. The topological polar surface area (TPSA) is 59.5 Å². The molecule has 0 saturated carbocycles. The Labute approximate surface area is 131 Å². The highest BCUT2D eigenvalue weighted by Gasteiger charge is 2.25. The van der Waals surface area contributed by atoms with Crippen molar-refractivity contribution in [3.05, 3.63) is 39.5 Å². The van der Waals surface area contributed by atoms with Gasteiger partial charge in [-0.2, -0.15) is 0 Å². The molecular formula is C13H13Cl2FN2O3. The van der Waals surface area contributed by atoms with E-state index < -0.39 is 22.7 Å². The van der Waals surface area contributed by atoms with Crippen LogP contribution in [0.4, 0.5) is 4.39 Å². The standard InChI is InChI=1S/C13H13Cl2FN2O3/c1-4-21-13(20)8(6-18(2)3)10(19)7-5-9(16)12(15)17-11(7)14/h5-6H,4H2,1-3H3. The van der Waals surface area contributed by atoms with Gasteiger partial charge in [-0.25, -0.2) is 14.2 Å². The number of ether oxygens (including phenoxy) is 1. The SMILES string of the molecule is CCOC(=O)C(=CN(C)C)C(=O)c1cc(F)c(Cl)nc1Cl. The Hall–Kier alpha value is -1.66. The number of ketones is 1. The van der Waals surface area contributed by atoms with Crippen molar-refractivity contribution >= 4 is 35.0 Å². The fourth-order valence-corrected chi connectivity index (χ4v) is 1.83. The lowest BCUT2D eigenvalue weighted by Crippen LogP contribution is -2.20. The summed E-state index contributed by atoms with van der Waals surface area (Å²) in [5.41, 5.74) is -0.549. The first-order valence-electron chi connectivity index (χ1n) is 5.89. The zero-order valence-electron chi connectivity index (χ0n) is 11.6. The minimum absolute atomic E-state index is 0.0951. The van der Waals surface area contributed by atoms with E-state index in [4.69, 9.17) is 27.9 Å². The molecule has 0 atom stereocenters. The number of carbonyl (C=O) groups is 2. The van der Waals surface area contributed by atoms with Gasteiger partial charge >= 0.3 is 5.97 Å². The van der Waals surface area contributed by atoms with Gasteiger partial charge in [-0.1, -0.05) is 23.2 Å². The Morgan fingerprint density at radius 3 is 2.52 bits per heavy atom. The van der Waals surface area contributed by atoms with Crippen molar-refractivity contribution in [3.63, 3.8) is 0 Å². The molecular weight excluding hydrogens is 322 g/mol. The Morgan fingerprint density at radius 2 is 2.00 bits per heavy atom. The molecule has 0 aromatic carbocycles. The van der Waals surface area contributed by atoms with Crippen molar-refractivity contribution in [3.8, 4) is 0 Å². The number of nitrogens with zero attached hydrogens (tertiary/aromatic N) is 2. The second kappa shape index (κ2) is 7.38. The van der Waals surface area contributed by atoms with Crippen LogP contribution >= 0.6 is 23.2 Å². The third kappa shape index (κ3) is 4.41. The molecule has 0 spiro atoms. The van der Waals surface area contributed by atoms with Crippen LogP contribution in [0.3, 0.4) is 0 Å². The molecule has 0 N–H and O–H groups in total. The first-order valence-corrected chi connectivity index (χ1v) is 6.65. The van der Waals surface area contributed by atoms with Crippen molar-refractivity contribution in [1.82, 2.24) is 9.88 Å². The van der Waals surface area contributed by atoms with Crippen LogP contribution in [0.5, 0.6) is 0 Å². The predicted molar refractivity (Wildman–Crippen MR) is 76.9 cm³/mol. The monoisotopic (exact) mass is 334 g/mol. The molecule has 1 rings (SSSR count). The molecule has 114 valence electrons. The zero-order chi connectivity index (χ0) is 16.2. The fraction of sp³-hybridized carbons (Fsp3) is 0.308. The summed E-state index contributed by atoms with van der Waals surface area (Å²) in [5.74, 6) is -2.53. The first kappa shape index (κ1) is 17.4. The van der Waals surface area contributed by atoms with Crippen LogP contribution in [0, 0.1) is 5.82 Å². The maximum Gasteiger partial charge on any atom is 0.343 e. The van der Waals surface area contributed by atoms with Crippen LogP contribution in [0.25, 0.3) is 0 Å². The highest BCUT2D eigenvalue weighted by atomic mass is 35.5. The first-order chi connectivity index (χ1) is 9.77. The van der Waals surface area contributed by atoms with Crippen LogP contribution in [-0.2, 0) is 9.53 Å². The third-order valence-corrected chi connectivity index (χ3v) is 2.81. The van der Waals surface area contributed by atoms with Crippen LogP contribution in [-0.4, -0.2) is 42.3 Å². The summed E-state index contributed by atoms with van der Waals surface area (Å²) >= 11 is 11.3. The van der Waals surface area contributed by atoms with Crippen molar-refractivity contribution in [2.45, 2.75) is 6.92 Å². The van der Waals surface area contributed by atoms with E-state index in [1.165, 1.54) is 11.1 Å². The molecule has 0 fully saturated rings. The summed E-state index contributed by atoms with van der Waals surface area (Å²) < 4.78 is 18.2. The van der Waals surface area contributed by atoms with E-state index >= 15 is 0 Å². The van der Waals surface area contributed by atoms with Crippen LogP contribution in [0.2, 0.25) is 10.3 Å². The quantitative estimate of drug-likeness (QED) is 0.207. The molecule has 0 bridgehead atoms. The van der Waals surface area contributed by atoms with Gasteiger partial charge in [-0.15, -0.1) is 0 Å². The van der Waals surface area contributed by atoms with Gasteiger partial charge < -0.3 is 9.64 Å². The molecule has 0 aliphatic rings. The van der Waals surface area contributed by atoms with E-state index in [9.17, 15) is 14.0 Å². The summed E-state index contributed by atoms with van der Waals surface area (Å²) in [4.78, 5) is 29.2. The van der Waals surface area contributed by atoms with Crippen LogP contribution in [0.15, 0.2) is 17.8 Å². The van der Waals surface area contributed by atoms with E-state index in [2.05, 4.69) is 4.98 Å². The number of esters is 1. The van der Waals surface area contributed by atoms with E-state index in [1.54, 1.807) is 21.0 Å².